The van der Waals surface area contributed by atoms with E-state index in [0.717, 1.165) is 0 Å². The second-order valence-corrected chi connectivity index (χ2v) is 7.50. The van der Waals surface area contributed by atoms with Gasteiger partial charge in [-0.25, -0.2) is 9.36 Å². The van der Waals surface area contributed by atoms with Crippen LogP contribution in [0.25, 0.3) is 0 Å². The Morgan fingerprint density at radius 3 is 2.26 bits per heavy atom. The monoisotopic (exact) mass is 489 g/mol. The van der Waals surface area contributed by atoms with E-state index in [-0.39, 0.29) is 17.0 Å². The van der Waals surface area contributed by atoms with Crippen LogP contribution in [0, 0.1) is 0 Å². The molecule has 1 aliphatic rings. The number of benzene rings is 3. The number of ether oxygens (including phenoxy) is 2. The molecule has 3 aromatic carbocycles. The highest BCUT2D eigenvalue weighted by atomic mass is 31.1. The highest BCUT2D eigenvalue weighted by molar-refractivity contribution is 7.17. The van der Waals surface area contributed by atoms with Gasteiger partial charge < -0.3 is 18.9 Å². The van der Waals surface area contributed by atoms with Gasteiger partial charge in [0.05, 0.1) is 0 Å². The summed E-state index contributed by atoms with van der Waals surface area (Å²) < 4.78 is 65.4. The minimum atomic E-state index is -5.33. The van der Waals surface area contributed by atoms with Crippen molar-refractivity contribution in [3.05, 3.63) is 77.9 Å². The van der Waals surface area contributed by atoms with Gasteiger partial charge in [0, 0.05) is 24.0 Å². The molecule has 1 atom stereocenters. The van der Waals surface area contributed by atoms with Crippen molar-refractivity contribution in [2.45, 2.75) is 12.1 Å². The van der Waals surface area contributed by atoms with Crippen LogP contribution in [0.3, 0.4) is 0 Å². The Labute approximate surface area is 192 Å². The predicted molar refractivity (Wildman–Crippen MR) is 115 cm³/mol. The number of carbonyl (C=O) groups excluding carboxylic acids is 2. The van der Waals surface area contributed by atoms with Gasteiger partial charge in [-0.3, -0.25) is 4.79 Å². The van der Waals surface area contributed by atoms with Crippen molar-refractivity contribution in [1.29, 1.82) is 0 Å². The first-order valence-electron chi connectivity index (χ1n) is 9.77. The van der Waals surface area contributed by atoms with Crippen LogP contribution in [-0.2, 0) is 14.2 Å². The molecule has 1 heterocycles. The normalized spacial score (nSPS) is 14.7. The molecule has 7 nitrogen and oxygen atoms in total. The zero-order valence-electron chi connectivity index (χ0n) is 17.4. The topological polar surface area (TPSA) is 82.1 Å². The summed E-state index contributed by atoms with van der Waals surface area (Å²) in [7, 11) is 0.736. The molecule has 0 saturated carbocycles. The molecule has 0 spiro atoms. The molecule has 0 N–H and O–H groups in total. The number of alkyl halides is 3. The lowest BCUT2D eigenvalue weighted by Crippen LogP contribution is -2.32. The van der Waals surface area contributed by atoms with Crippen LogP contribution < -0.4 is 18.9 Å². The summed E-state index contributed by atoms with van der Waals surface area (Å²) in [6.45, 7) is 0. The van der Waals surface area contributed by atoms with Crippen LogP contribution in [-0.4, -0.2) is 25.2 Å². The summed E-state index contributed by atoms with van der Waals surface area (Å²) >= 11 is 0. The summed E-state index contributed by atoms with van der Waals surface area (Å²) in [5.74, 6) is -5.52. The lowest BCUT2D eigenvalue weighted by molar-refractivity contribution is -0.189. The number of rotatable bonds is 5. The molecule has 0 radical (unpaired) electrons. The Kier molecular flexibility index (Phi) is 6.26. The number of nitrogens with zero attached hydrogens (tertiary/aromatic N) is 1. The van der Waals surface area contributed by atoms with Gasteiger partial charge in [0.2, 0.25) is 0 Å². The third-order valence-corrected chi connectivity index (χ3v) is 5.43. The predicted octanol–water partition coefficient (Wildman–Crippen LogP) is 5.56. The van der Waals surface area contributed by atoms with E-state index >= 15 is 0 Å². The molecule has 0 amide bonds. The van der Waals surface area contributed by atoms with Crippen LogP contribution in [0.5, 0.6) is 17.2 Å². The van der Waals surface area contributed by atoms with E-state index in [1.54, 1.807) is 66.5 Å². The van der Waals surface area contributed by atoms with Gasteiger partial charge in [-0.2, -0.15) is 13.2 Å². The van der Waals surface area contributed by atoms with Gasteiger partial charge in [-0.15, -0.1) is 0 Å². The highest BCUT2D eigenvalue weighted by Crippen LogP contribution is 2.52. The molecule has 3 aromatic rings. The Bertz CT molecular complexity index is 1270. The fraction of sp³-hybridized carbons (Fsp3) is 0.130. The molecule has 1 aliphatic heterocycles. The minimum absolute atomic E-state index is 0.0964. The molecule has 0 saturated heterocycles. The minimum Gasteiger partial charge on any atom is -0.426 e. The Morgan fingerprint density at radius 1 is 0.912 bits per heavy atom. The number of hydrogen-bond acceptors (Lipinski definition) is 7. The van der Waals surface area contributed by atoms with Crippen molar-refractivity contribution in [3.8, 4) is 17.2 Å². The summed E-state index contributed by atoms with van der Waals surface area (Å²) in [6.07, 6.45) is -5.33. The van der Waals surface area contributed by atoms with Gasteiger partial charge in [-0.05, 0) is 35.9 Å². The van der Waals surface area contributed by atoms with E-state index in [1.165, 1.54) is 12.1 Å². The SMILES string of the molecule is CN1c2ccccc2C(C(=O)Oc2ccccc2)c2c1ccc(OP=O)c2OC(=O)C(F)(F)F. The van der Waals surface area contributed by atoms with Crippen LogP contribution in [0.2, 0.25) is 0 Å². The summed E-state index contributed by atoms with van der Waals surface area (Å²) in [5, 5.41) is 0. The van der Waals surface area contributed by atoms with Crippen molar-refractivity contribution in [2.24, 2.45) is 0 Å². The molecule has 0 bridgehead atoms. The molecular weight excluding hydrogens is 474 g/mol. The van der Waals surface area contributed by atoms with E-state index in [2.05, 4.69) is 4.74 Å². The fourth-order valence-corrected chi connectivity index (χ4v) is 3.96. The summed E-state index contributed by atoms with van der Waals surface area (Å²) in [6, 6.07) is 17.5. The molecule has 34 heavy (non-hydrogen) atoms. The zero-order valence-corrected chi connectivity index (χ0v) is 18.3. The number of para-hydroxylation sites is 2. The largest absolute Gasteiger partial charge is 0.491 e. The molecule has 174 valence electrons. The number of esters is 2. The number of anilines is 2. The van der Waals surface area contributed by atoms with Gasteiger partial charge in [0.1, 0.15) is 11.7 Å². The summed E-state index contributed by atoms with van der Waals surface area (Å²) in [5.41, 5.74) is 1.17. The quantitative estimate of drug-likeness (QED) is 0.264. The van der Waals surface area contributed by atoms with E-state index in [4.69, 9.17) is 9.26 Å². The number of carbonyl (C=O) groups is 2. The molecule has 1 unspecified atom stereocenters. The number of hydrogen-bond donors (Lipinski definition) is 0. The second-order valence-electron chi connectivity index (χ2n) is 7.16. The lowest BCUT2D eigenvalue weighted by Gasteiger charge is -2.35. The van der Waals surface area contributed by atoms with Gasteiger partial charge in [0.15, 0.2) is 11.5 Å². The van der Waals surface area contributed by atoms with Crippen LogP contribution in [0.1, 0.15) is 17.0 Å². The standard InChI is InChI=1S/C23H15F3NO6P/c1-27-15-10-6-5-9-14(15)18(21(28)31-13-7-3-2-4-8-13)19-16(27)11-12-17(33-34-30)20(19)32-22(29)23(24,25)26/h2-12,18H,1H3. The third kappa shape index (κ3) is 4.32. The lowest BCUT2D eigenvalue weighted by atomic mass is 9.84. The van der Waals surface area contributed by atoms with Gasteiger partial charge >= 0.3 is 26.8 Å². The second kappa shape index (κ2) is 9.15. The molecule has 4 rings (SSSR count). The molecule has 0 aromatic heterocycles. The Morgan fingerprint density at radius 2 is 1.59 bits per heavy atom. The Hall–Kier alpha value is -3.91. The van der Waals surface area contributed by atoms with Crippen molar-refractivity contribution >= 4 is 32.0 Å². The Balaban J connectivity index is 1.93. The van der Waals surface area contributed by atoms with E-state index in [1.807, 2.05) is 0 Å². The van der Waals surface area contributed by atoms with Crippen LogP contribution in [0.15, 0.2) is 66.7 Å². The first-order valence-corrected chi connectivity index (χ1v) is 10.5. The van der Waals surface area contributed by atoms with Crippen molar-refractivity contribution < 1.29 is 41.3 Å². The fourth-order valence-electron chi connectivity index (χ4n) is 3.74. The van der Waals surface area contributed by atoms with Crippen LogP contribution >= 0.6 is 8.69 Å². The van der Waals surface area contributed by atoms with Crippen molar-refractivity contribution in [1.82, 2.24) is 0 Å². The van der Waals surface area contributed by atoms with E-state index in [9.17, 15) is 27.3 Å². The third-order valence-electron chi connectivity index (χ3n) is 5.16. The maximum atomic E-state index is 13.4. The van der Waals surface area contributed by atoms with Crippen molar-refractivity contribution in [2.75, 3.05) is 11.9 Å². The van der Waals surface area contributed by atoms with Crippen molar-refractivity contribution in [3.63, 3.8) is 0 Å². The maximum Gasteiger partial charge on any atom is 0.491 e. The van der Waals surface area contributed by atoms with Crippen LogP contribution in [0.4, 0.5) is 24.5 Å². The molecule has 0 aliphatic carbocycles. The first kappa shape index (κ1) is 23.3. The maximum absolute atomic E-state index is 13.4. The van der Waals surface area contributed by atoms with Gasteiger partial charge in [0.25, 0.3) is 0 Å². The molecule has 11 heteroatoms. The average Bonchev–Trinajstić information content (AvgIpc) is 2.81. The van der Waals surface area contributed by atoms with Gasteiger partial charge in [-0.1, -0.05) is 36.4 Å². The summed E-state index contributed by atoms with van der Waals surface area (Å²) in [4.78, 5) is 26.8. The zero-order chi connectivity index (χ0) is 24.5. The molecular formula is C23H15F3NO6P. The van der Waals surface area contributed by atoms with E-state index < -0.39 is 44.2 Å². The average molecular weight is 489 g/mol. The number of halogens is 3. The first-order chi connectivity index (χ1) is 16.2. The highest BCUT2D eigenvalue weighted by Gasteiger charge is 2.45. The smallest absolute Gasteiger partial charge is 0.426 e. The van der Waals surface area contributed by atoms with E-state index in [0.29, 0.717) is 11.3 Å². The molecule has 0 fully saturated rings. The number of fused-ring (bicyclic) bond motifs is 2.